The Balaban J connectivity index is 2.01. The van der Waals surface area contributed by atoms with Gasteiger partial charge in [-0.15, -0.1) is 0 Å². The summed E-state index contributed by atoms with van der Waals surface area (Å²) in [5.74, 6) is -0.336. The monoisotopic (exact) mass is 241 g/mol. The topological polar surface area (TPSA) is 53.8 Å². The van der Waals surface area contributed by atoms with Crippen LogP contribution in [-0.2, 0) is 0 Å². The molecule has 2 aromatic carbocycles. The Morgan fingerprint density at radius 2 is 1.89 bits per heavy atom. The van der Waals surface area contributed by atoms with E-state index in [1.165, 1.54) is 12.1 Å². The maximum atomic E-state index is 13.0. The third-order valence-corrected chi connectivity index (χ3v) is 2.87. The third kappa shape index (κ3) is 1.78. The molecule has 3 nitrogen and oxygen atoms in total. The molecule has 0 bridgehead atoms. The highest BCUT2D eigenvalue weighted by atomic mass is 19.1. The first-order valence-corrected chi connectivity index (χ1v) is 5.62. The van der Waals surface area contributed by atoms with Crippen molar-refractivity contribution in [2.45, 2.75) is 0 Å². The molecule has 3 rings (SSSR count). The number of nitrogens with two attached hydrogens (primary N) is 1. The summed E-state index contributed by atoms with van der Waals surface area (Å²) in [6.45, 7) is 0. The average Bonchev–Trinajstić information content (AvgIpc) is 2.76. The minimum Gasteiger partial charge on any atom is -0.397 e. The Hall–Kier alpha value is -2.49. The minimum absolute atomic E-state index is 0.336. The zero-order valence-corrected chi connectivity index (χ0v) is 9.57. The van der Waals surface area contributed by atoms with E-state index < -0.39 is 0 Å². The molecule has 0 aliphatic heterocycles. The molecule has 4 heteroatoms. The lowest BCUT2D eigenvalue weighted by molar-refractivity contribution is 0.628. The van der Waals surface area contributed by atoms with Crippen molar-refractivity contribution >= 4 is 28.0 Å². The maximum absolute atomic E-state index is 13.0. The van der Waals surface area contributed by atoms with Gasteiger partial charge in [0.2, 0.25) is 0 Å². The van der Waals surface area contributed by atoms with Gasteiger partial charge in [-0.2, -0.15) is 0 Å². The molecule has 0 amide bonds. The molecule has 0 atom stereocenters. The number of rotatable bonds is 2. The van der Waals surface area contributed by atoms with E-state index in [9.17, 15) is 4.39 Å². The van der Waals surface area contributed by atoms with Gasteiger partial charge in [-0.3, -0.25) is 0 Å². The molecule has 18 heavy (non-hydrogen) atoms. The number of aromatic nitrogens is 1. The zero-order valence-electron chi connectivity index (χ0n) is 9.57. The molecule has 1 heterocycles. The van der Waals surface area contributed by atoms with Crippen LogP contribution in [0.4, 0.5) is 21.5 Å². The summed E-state index contributed by atoms with van der Waals surface area (Å²) in [6, 6.07) is 12.3. The Morgan fingerprint density at radius 1 is 1.06 bits per heavy atom. The van der Waals surface area contributed by atoms with Gasteiger partial charge in [-0.25, -0.2) is 4.39 Å². The highest BCUT2D eigenvalue weighted by Gasteiger charge is 2.05. The van der Waals surface area contributed by atoms with E-state index >= 15 is 0 Å². The van der Waals surface area contributed by atoms with E-state index in [2.05, 4.69) is 10.3 Å². The molecule has 1 aromatic heterocycles. The molecular weight excluding hydrogens is 229 g/mol. The van der Waals surface area contributed by atoms with Crippen LogP contribution >= 0.6 is 0 Å². The van der Waals surface area contributed by atoms with Gasteiger partial charge in [0, 0.05) is 17.1 Å². The normalized spacial score (nSPS) is 10.7. The molecule has 0 saturated heterocycles. The summed E-state index contributed by atoms with van der Waals surface area (Å²) in [7, 11) is 0. The number of nitrogen functional groups attached to an aromatic ring is 1. The predicted octanol–water partition coefficient (Wildman–Crippen LogP) is 3.63. The fraction of sp³-hybridized carbons (Fsp3) is 0. The van der Waals surface area contributed by atoms with Crippen molar-refractivity contribution in [3.8, 4) is 0 Å². The van der Waals surface area contributed by atoms with E-state index in [0.29, 0.717) is 11.4 Å². The number of nitrogens with one attached hydrogen (secondary N) is 2. The Kier molecular flexibility index (Phi) is 2.41. The van der Waals surface area contributed by atoms with Gasteiger partial charge in [0.25, 0.3) is 0 Å². The fourth-order valence-electron chi connectivity index (χ4n) is 1.97. The van der Waals surface area contributed by atoms with Crippen LogP contribution in [0.5, 0.6) is 0 Å². The average molecular weight is 241 g/mol. The van der Waals surface area contributed by atoms with Crippen LogP contribution in [0.3, 0.4) is 0 Å². The second-order valence-electron chi connectivity index (χ2n) is 4.10. The quantitative estimate of drug-likeness (QED) is 0.600. The standard InChI is InChI=1S/C14H12FN3/c15-9-5-6-13(11(16)7-9)18-14-8-17-12-4-2-1-3-10(12)14/h1-8,17-18H,16H2. The van der Waals surface area contributed by atoms with Crippen LogP contribution < -0.4 is 11.1 Å². The molecular formula is C14H12FN3. The van der Waals surface area contributed by atoms with E-state index in [0.717, 1.165) is 16.6 Å². The molecule has 3 aromatic rings. The molecule has 0 saturated carbocycles. The summed E-state index contributed by atoms with van der Waals surface area (Å²) in [5.41, 5.74) is 8.82. The third-order valence-electron chi connectivity index (χ3n) is 2.87. The van der Waals surface area contributed by atoms with Gasteiger partial charge >= 0.3 is 0 Å². The van der Waals surface area contributed by atoms with Gasteiger partial charge < -0.3 is 16.0 Å². The fourth-order valence-corrected chi connectivity index (χ4v) is 1.97. The van der Waals surface area contributed by atoms with Crippen LogP contribution in [0.1, 0.15) is 0 Å². The molecule has 0 aliphatic rings. The smallest absolute Gasteiger partial charge is 0.125 e. The van der Waals surface area contributed by atoms with E-state index in [4.69, 9.17) is 5.73 Å². The Bertz CT molecular complexity index is 703. The lowest BCUT2D eigenvalue weighted by Gasteiger charge is -2.08. The number of hydrogen-bond donors (Lipinski definition) is 3. The van der Waals surface area contributed by atoms with Crippen LogP contribution in [0.2, 0.25) is 0 Å². The van der Waals surface area contributed by atoms with E-state index in [1.807, 2.05) is 30.5 Å². The zero-order chi connectivity index (χ0) is 12.5. The van der Waals surface area contributed by atoms with E-state index in [-0.39, 0.29) is 5.82 Å². The number of hydrogen-bond acceptors (Lipinski definition) is 2. The second-order valence-corrected chi connectivity index (χ2v) is 4.10. The Labute approximate surface area is 103 Å². The number of benzene rings is 2. The molecule has 4 N–H and O–H groups in total. The SMILES string of the molecule is Nc1cc(F)ccc1Nc1c[nH]c2ccccc12. The first-order chi connectivity index (χ1) is 8.74. The summed E-state index contributed by atoms with van der Waals surface area (Å²) < 4.78 is 13.0. The molecule has 0 aliphatic carbocycles. The molecule has 90 valence electrons. The van der Waals surface area contributed by atoms with Gasteiger partial charge in [0.1, 0.15) is 5.82 Å². The van der Waals surface area contributed by atoms with Crippen molar-refractivity contribution in [2.75, 3.05) is 11.1 Å². The first kappa shape index (κ1) is 10.7. The number of para-hydroxylation sites is 1. The number of fused-ring (bicyclic) bond motifs is 1. The maximum Gasteiger partial charge on any atom is 0.125 e. The van der Waals surface area contributed by atoms with E-state index in [1.54, 1.807) is 6.07 Å². The van der Waals surface area contributed by atoms with Crippen molar-refractivity contribution in [1.82, 2.24) is 4.98 Å². The molecule has 0 unspecified atom stereocenters. The second kappa shape index (κ2) is 4.07. The van der Waals surface area contributed by atoms with Crippen molar-refractivity contribution < 1.29 is 4.39 Å². The Morgan fingerprint density at radius 3 is 2.72 bits per heavy atom. The molecule has 0 fully saturated rings. The van der Waals surface area contributed by atoms with Crippen LogP contribution in [-0.4, -0.2) is 4.98 Å². The number of anilines is 3. The van der Waals surface area contributed by atoms with Gasteiger partial charge in [0.15, 0.2) is 0 Å². The lowest BCUT2D eigenvalue weighted by atomic mass is 10.2. The molecule has 0 spiro atoms. The summed E-state index contributed by atoms with van der Waals surface area (Å²) in [4.78, 5) is 3.16. The minimum atomic E-state index is -0.336. The van der Waals surface area contributed by atoms with Gasteiger partial charge in [-0.05, 0) is 24.3 Å². The van der Waals surface area contributed by atoms with Crippen LogP contribution in [0.25, 0.3) is 10.9 Å². The van der Waals surface area contributed by atoms with Crippen molar-refractivity contribution in [2.24, 2.45) is 0 Å². The summed E-state index contributed by atoms with van der Waals surface area (Å²) >= 11 is 0. The summed E-state index contributed by atoms with van der Waals surface area (Å²) in [6.07, 6.45) is 1.87. The number of halogens is 1. The first-order valence-electron chi connectivity index (χ1n) is 5.62. The van der Waals surface area contributed by atoms with Crippen molar-refractivity contribution in [1.29, 1.82) is 0 Å². The lowest BCUT2D eigenvalue weighted by Crippen LogP contribution is -1.96. The van der Waals surface area contributed by atoms with Gasteiger partial charge in [-0.1, -0.05) is 18.2 Å². The van der Waals surface area contributed by atoms with Crippen LogP contribution in [0, 0.1) is 5.82 Å². The van der Waals surface area contributed by atoms with Gasteiger partial charge in [0.05, 0.1) is 17.1 Å². The predicted molar refractivity (Wildman–Crippen MR) is 72.4 cm³/mol. The van der Waals surface area contributed by atoms with Crippen molar-refractivity contribution in [3.63, 3.8) is 0 Å². The largest absolute Gasteiger partial charge is 0.397 e. The van der Waals surface area contributed by atoms with Crippen molar-refractivity contribution in [3.05, 3.63) is 54.5 Å². The number of aromatic amines is 1. The highest BCUT2D eigenvalue weighted by Crippen LogP contribution is 2.29. The number of H-pyrrole nitrogens is 1. The van der Waals surface area contributed by atoms with Crippen LogP contribution in [0.15, 0.2) is 48.7 Å². The molecule has 0 radical (unpaired) electrons. The highest BCUT2D eigenvalue weighted by molar-refractivity contribution is 5.95. The summed E-state index contributed by atoms with van der Waals surface area (Å²) in [5, 5.41) is 4.27.